The van der Waals surface area contributed by atoms with Crippen LogP contribution in [0.15, 0.2) is 60.8 Å². The SMILES string of the molecule is Cc1cccc(-c2[nH]c(NCc3cccc(Cl)c3F)nc2-c2ccc3c(cnn3C)c2)n1. The van der Waals surface area contributed by atoms with Crippen molar-refractivity contribution in [2.24, 2.45) is 7.05 Å². The number of rotatable bonds is 5. The van der Waals surface area contributed by atoms with Gasteiger partial charge in [-0.15, -0.1) is 0 Å². The number of anilines is 1. The second-order valence-electron chi connectivity index (χ2n) is 7.58. The highest BCUT2D eigenvalue weighted by molar-refractivity contribution is 6.30. The molecule has 5 aromatic rings. The second kappa shape index (κ2) is 8.09. The van der Waals surface area contributed by atoms with Crippen LogP contribution < -0.4 is 5.32 Å². The van der Waals surface area contributed by atoms with Crippen LogP contribution >= 0.6 is 11.6 Å². The summed E-state index contributed by atoms with van der Waals surface area (Å²) in [7, 11) is 1.91. The van der Waals surface area contributed by atoms with Gasteiger partial charge in [0.05, 0.1) is 33.8 Å². The lowest BCUT2D eigenvalue weighted by Crippen LogP contribution is -2.03. The van der Waals surface area contributed by atoms with E-state index in [1.165, 1.54) is 6.07 Å². The Labute approximate surface area is 189 Å². The van der Waals surface area contributed by atoms with Gasteiger partial charge in [-0.25, -0.2) is 9.37 Å². The Hall–Kier alpha value is -3.71. The van der Waals surface area contributed by atoms with Crippen LogP contribution in [0.5, 0.6) is 0 Å². The zero-order valence-electron chi connectivity index (χ0n) is 17.5. The summed E-state index contributed by atoms with van der Waals surface area (Å²) in [4.78, 5) is 12.8. The molecule has 0 aliphatic carbocycles. The molecular formula is C24H20ClFN6. The zero-order chi connectivity index (χ0) is 22.2. The first kappa shape index (κ1) is 20.2. The molecular weight excluding hydrogens is 427 g/mol. The molecule has 0 atom stereocenters. The number of fused-ring (bicyclic) bond motifs is 1. The van der Waals surface area contributed by atoms with Crippen molar-refractivity contribution >= 4 is 28.5 Å². The lowest BCUT2D eigenvalue weighted by molar-refractivity contribution is 0.613. The van der Waals surface area contributed by atoms with Crippen molar-refractivity contribution in [3.63, 3.8) is 0 Å². The highest BCUT2D eigenvalue weighted by atomic mass is 35.5. The molecule has 2 N–H and O–H groups in total. The van der Waals surface area contributed by atoms with Crippen molar-refractivity contribution in [1.29, 1.82) is 0 Å². The number of hydrogen-bond donors (Lipinski definition) is 2. The lowest BCUT2D eigenvalue weighted by Gasteiger charge is -2.05. The smallest absolute Gasteiger partial charge is 0.201 e. The van der Waals surface area contributed by atoms with E-state index in [2.05, 4.69) is 26.4 Å². The molecule has 0 saturated heterocycles. The third-order valence-electron chi connectivity index (χ3n) is 5.35. The predicted molar refractivity (Wildman–Crippen MR) is 125 cm³/mol. The number of nitrogens with zero attached hydrogens (tertiary/aromatic N) is 4. The van der Waals surface area contributed by atoms with Crippen molar-refractivity contribution in [3.8, 4) is 22.6 Å². The maximum absolute atomic E-state index is 14.3. The number of pyridine rings is 1. The van der Waals surface area contributed by atoms with E-state index in [4.69, 9.17) is 16.6 Å². The number of hydrogen-bond acceptors (Lipinski definition) is 4. The molecule has 6 nitrogen and oxygen atoms in total. The number of nitrogens with one attached hydrogen (secondary N) is 2. The van der Waals surface area contributed by atoms with Gasteiger partial charge in [-0.2, -0.15) is 5.10 Å². The monoisotopic (exact) mass is 446 g/mol. The Kier molecular flexibility index (Phi) is 5.11. The van der Waals surface area contributed by atoms with E-state index in [1.54, 1.807) is 12.1 Å². The Morgan fingerprint density at radius 3 is 2.78 bits per heavy atom. The molecule has 5 rings (SSSR count). The first-order chi connectivity index (χ1) is 15.5. The van der Waals surface area contributed by atoms with Crippen molar-refractivity contribution in [2.75, 3.05) is 5.32 Å². The van der Waals surface area contributed by atoms with Gasteiger partial charge in [0.2, 0.25) is 5.95 Å². The molecule has 8 heteroatoms. The van der Waals surface area contributed by atoms with Gasteiger partial charge in [0, 0.05) is 35.8 Å². The molecule has 2 aromatic carbocycles. The fourth-order valence-electron chi connectivity index (χ4n) is 3.71. The molecule has 3 aromatic heterocycles. The number of aromatic nitrogens is 5. The van der Waals surface area contributed by atoms with E-state index >= 15 is 0 Å². The van der Waals surface area contributed by atoms with Crippen molar-refractivity contribution in [2.45, 2.75) is 13.5 Å². The summed E-state index contributed by atoms with van der Waals surface area (Å²) in [6.45, 7) is 2.18. The molecule has 0 fully saturated rings. The molecule has 0 aliphatic heterocycles. The van der Waals surface area contributed by atoms with E-state index in [-0.39, 0.29) is 11.6 Å². The van der Waals surface area contributed by atoms with E-state index in [0.29, 0.717) is 11.5 Å². The van der Waals surface area contributed by atoms with Crippen LogP contribution in [0, 0.1) is 12.7 Å². The number of aromatic amines is 1. The number of halogens is 2. The Bertz CT molecular complexity index is 1440. The van der Waals surface area contributed by atoms with Crippen molar-refractivity contribution < 1.29 is 4.39 Å². The van der Waals surface area contributed by atoms with Gasteiger partial charge in [0.25, 0.3) is 0 Å². The Morgan fingerprint density at radius 2 is 1.94 bits per heavy atom. The van der Waals surface area contributed by atoms with E-state index < -0.39 is 5.82 Å². The largest absolute Gasteiger partial charge is 0.352 e. The normalized spacial score (nSPS) is 11.2. The van der Waals surface area contributed by atoms with Crippen LogP contribution in [0.3, 0.4) is 0 Å². The van der Waals surface area contributed by atoms with E-state index in [9.17, 15) is 4.39 Å². The highest BCUT2D eigenvalue weighted by Gasteiger charge is 2.17. The molecule has 0 unspecified atom stereocenters. The summed E-state index contributed by atoms with van der Waals surface area (Å²) in [5.41, 5.74) is 5.65. The van der Waals surface area contributed by atoms with Crippen LogP contribution in [0.4, 0.5) is 10.3 Å². The van der Waals surface area contributed by atoms with Crippen LogP contribution in [0.1, 0.15) is 11.3 Å². The number of imidazole rings is 1. The first-order valence-electron chi connectivity index (χ1n) is 10.1. The summed E-state index contributed by atoms with van der Waals surface area (Å²) >= 11 is 5.91. The van der Waals surface area contributed by atoms with Gasteiger partial charge in [-0.05, 0) is 37.3 Å². The van der Waals surface area contributed by atoms with Gasteiger partial charge >= 0.3 is 0 Å². The molecule has 0 radical (unpaired) electrons. The maximum atomic E-state index is 14.3. The highest BCUT2D eigenvalue weighted by Crippen LogP contribution is 2.32. The van der Waals surface area contributed by atoms with E-state index in [1.807, 2.05) is 55.2 Å². The van der Waals surface area contributed by atoms with Crippen LogP contribution in [0.25, 0.3) is 33.5 Å². The number of benzene rings is 2. The fourth-order valence-corrected chi connectivity index (χ4v) is 3.90. The summed E-state index contributed by atoms with van der Waals surface area (Å²) < 4.78 is 16.1. The van der Waals surface area contributed by atoms with Gasteiger partial charge in [-0.3, -0.25) is 9.67 Å². The van der Waals surface area contributed by atoms with Crippen molar-refractivity contribution in [1.82, 2.24) is 24.7 Å². The molecule has 0 saturated carbocycles. The Morgan fingerprint density at radius 1 is 1.09 bits per heavy atom. The molecule has 0 aliphatic rings. The third-order valence-corrected chi connectivity index (χ3v) is 5.64. The van der Waals surface area contributed by atoms with Crippen LogP contribution in [-0.4, -0.2) is 24.7 Å². The third kappa shape index (κ3) is 3.71. The Balaban J connectivity index is 1.56. The minimum absolute atomic E-state index is 0.0962. The average molecular weight is 447 g/mol. The topological polar surface area (TPSA) is 71.4 Å². The second-order valence-corrected chi connectivity index (χ2v) is 7.99. The molecule has 0 bridgehead atoms. The maximum Gasteiger partial charge on any atom is 0.201 e. The van der Waals surface area contributed by atoms with Gasteiger partial charge in [-0.1, -0.05) is 35.9 Å². The summed E-state index contributed by atoms with van der Waals surface area (Å²) in [5, 5.41) is 8.62. The van der Waals surface area contributed by atoms with Crippen LogP contribution in [0.2, 0.25) is 5.02 Å². The van der Waals surface area contributed by atoms with Gasteiger partial charge in [0.15, 0.2) is 0 Å². The number of H-pyrrole nitrogens is 1. The minimum Gasteiger partial charge on any atom is -0.352 e. The molecule has 3 heterocycles. The molecule has 160 valence electrons. The summed E-state index contributed by atoms with van der Waals surface area (Å²) in [5.74, 6) is 0.0833. The van der Waals surface area contributed by atoms with E-state index in [0.717, 1.165) is 39.2 Å². The predicted octanol–water partition coefficient (Wildman–Crippen LogP) is 5.74. The minimum atomic E-state index is -0.434. The van der Waals surface area contributed by atoms with Gasteiger partial charge in [0.1, 0.15) is 5.82 Å². The van der Waals surface area contributed by atoms with Crippen LogP contribution in [-0.2, 0) is 13.6 Å². The molecule has 0 spiro atoms. The fraction of sp³-hybridized carbons (Fsp3) is 0.125. The number of aryl methyl sites for hydroxylation is 2. The molecule has 0 amide bonds. The van der Waals surface area contributed by atoms with Crippen molar-refractivity contribution in [3.05, 3.63) is 82.9 Å². The summed E-state index contributed by atoms with van der Waals surface area (Å²) in [6.07, 6.45) is 1.83. The molecule has 32 heavy (non-hydrogen) atoms. The zero-order valence-corrected chi connectivity index (χ0v) is 18.3. The lowest BCUT2D eigenvalue weighted by atomic mass is 10.1. The average Bonchev–Trinajstić information content (AvgIpc) is 3.38. The first-order valence-corrected chi connectivity index (χ1v) is 10.5. The van der Waals surface area contributed by atoms with Gasteiger partial charge < -0.3 is 10.3 Å². The quantitative estimate of drug-likeness (QED) is 0.361. The summed E-state index contributed by atoms with van der Waals surface area (Å²) in [6, 6.07) is 16.9. The standard InChI is InChI=1S/C24H20ClFN6/c1-14-5-3-8-19(29-14)23-22(15-9-10-20-17(11-15)13-28-32(20)2)30-24(31-23)27-12-16-6-4-7-18(25)21(16)26/h3-11,13H,12H2,1-2H3,(H2,27,30,31).